The maximum atomic E-state index is 6.68. The molecule has 0 heterocycles. The highest BCUT2D eigenvalue weighted by Crippen LogP contribution is 2.53. The van der Waals surface area contributed by atoms with Crippen molar-refractivity contribution in [2.24, 2.45) is 0 Å². The van der Waals surface area contributed by atoms with Crippen molar-refractivity contribution < 1.29 is 0 Å². The molecular formula is C21H15Cl. The van der Waals surface area contributed by atoms with Crippen LogP contribution in [0.5, 0.6) is 0 Å². The van der Waals surface area contributed by atoms with Crippen molar-refractivity contribution in [2.45, 2.75) is 19.8 Å². The quantitative estimate of drug-likeness (QED) is 0.352. The second kappa shape index (κ2) is 4.24. The zero-order valence-corrected chi connectivity index (χ0v) is 13.2. The van der Waals surface area contributed by atoms with E-state index in [4.69, 9.17) is 11.6 Å². The minimum absolute atomic E-state index is 0.898. The molecule has 0 saturated carbocycles. The first kappa shape index (κ1) is 12.5. The normalized spacial score (nSPS) is 14.3. The maximum absolute atomic E-state index is 6.68. The lowest BCUT2D eigenvalue weighted by atomic mass is 9.88. The number of fused-ring (bicyclic) bond motifs is 5. The molecule has 0 unspecified atom stereocenters. The van der Waals surface area contributed by atoms with Crippen LogP contribution in [0.1, 0.15) is 23.1 Å². The first-order valence-corrected chi connectivity index (χ1v) is 8.18. The van der Waals surface area contributed by atoms with Crippen LogP contribution in [-0.2, 0) is 6.42 Å². The van der Waals surface area contributed by atoms with Gasteiger partial charge in [-0.3, -0.25) is 0 Å². The van der Waals surface area contributed by atoms with Crippen molar-refractivity contribution >= 4 is 28.4 Å². The molecule has 3 aromatic rings. The third-order valence-corrected chi connectivity index (χ3v) is 5.52. The lowest BCUT2D eigenvalue weighted by Gasteiger charge is -2.16. The Morgan fingerprint density at radius 1 is 1.00 bits per heavy atom. The Kier molecular flexibility index (Phi) is 2.41. The summed E-state index contributed by atoms with van der Waals surface area (Å²) >= 11 is 6.68. The average Bonchev–Trinajstić information content (AvgIpc) is 2.88. The number of hydrogen-bond donors (Lipinski definition) is 0. The second-order valence-corrected chi connectivity index (χ2v) is 6.67. The molecule has 0 nitrogen and oxygen atoms in total. The van der Waals surface area contributed by atoms with E-state index in [0.29, 0.717) is 0 Å². The van der Waals surface area contributed by atoms with Crippen LogP contribution in [0.25, 0.3) is 39.1 Å². The fourth-order valence-corrected chi connectivity index (χ4v) is 4.27. The Balaban J connectivity index is 2.04. The van der Waals surface area contributed by atoms with E-state index in [1.54, 1.807) is 0 Å². The Labute approximate surface area is 135 Å². The van der Waals surface area contributed by atoms with Crippen molar-refractivity contribution in [3.8, 4) is 22.3 Å². The summed E-state index contributed by atoms with van der Waals surface area (Å²) in [4.78, 5) is 0. The van der Waals surface area contributed by atoms with Crippen molar-refractivity contribution in [3.63, 3.8) is 0 Å². The largest absolute Gasteiger partial charge is 0.0836 e. The smallest absolute Gasteiger partial charge is 0.0520 e. The third-order valence-electron chi connectivity index (χ3n) is 5.03. The van der Waals surface area contributed by atoms with Crippen molar-refractivity contribution in [1.82, 2.24) is 0 Å². The van der Waals surface area contributed by atoms with Crippen molar-refractivity contribution in [1.29, 1.82) is 0 Å². The number of allylic oxidation sites excluding steroid dienone is 1. The lowest BCUT2D eigenvalue weighted by Crippen LogP contribution is -1.96. The van der Waals surface area contributed by atoms with E-state index in [2.05, 4.69) is 55.5 Å². The molecule has 0 N–H and O–H groups in total. The summed E-state index contributed by atoms with van der Waals surface area (Å²) in [6.07, 6.45) is 6.86. The highest BCUT2D eigenvalue weighted by Gasteiger charge is 2.27. The van der Waals surface area contributed by atoms with Gasteiger partial charge in [0.25, 0.3) is 0 Å². The Hall–Kier alpha value is -2.05. The molecule has 0 saturated heterocycles. The van der Waals surface area contributed by atoms with Gasteiger partial charge in [-0.2, -0.15) is 0 Å². The van der Waals surface area contributed by atoms with Crippen LogP contribution in [0.3, 0.4) is 0 Å². The number of halogens is 1. The summed E-state index contributed by atoms with van der Waals surface area (Å²) in [5.41, 5.74) is 9.19. The topological polar surface area (TPSA) is 0 Å². The molecule has 0 fully saturated rings. The van der Waals surface area contributed by atoms with Gasteiger partial charge in [0.15, 0.2) is 0 Å². The van der Waals surface area contributed by atoms with E-state index in [0.717, 1.165) is 23.4 Å². The number of benzene rings is 3. The molecule has 0 bridgehead atoms. The molecule has 0 radical (unpaired) electrons. The molecule has 1 heteroatoms. The molecule has 22 heavy (non-hydrogen) atoms. The Morgan fingerprint density at radius 3 is 2.82 bits per heavy atom. The van der Waals surface area contributed by atoms with E-state index < -0.39 is 0 Å². The van der Waals surface area contributed by atoms with Crippen LogP contribution in [0.2, 0.25) is 5.02 Å². The van der Waals surface area contributed by atoms with Gasteiger partial charge in [-0.05, 0) is 63.9 Å². The van der Waals surface area contributed by atoms with Gasteiger partial charge in [0.1, 0.15) is 0 Å². The number of rotatable bonds is 0. The summed E-state index contributed by atoms with van der Waals surface area (Å²) in [6, 6.07) is 13.3. The molecular weight excluding hydrogens is 288 g/mol. The Bertz CT molecular complexity index is 993. The van der Waals surface area contributed by atoms with Crippen LogP contribution in [-0.4, -0.2) is 0 Å². The van der Waals surface area contributed by atoms with E-state index in [1.807, 2.05) is 0 Å². The summed E-state index contributed by atoms with van der Waals surface area (Å²) in [7, 11) is 0. The van der Waals surface area contributed by atoms with Gasteiger partial charge in [0, 0.05) is 5.56 Å². The third kappa shape index (κ3) is 1.43. The average molecular weight is 303 g/mol. The van der Waals surface area contributed by atoms with Gasteiger partial charge >= 0.3 is 0 Å². The standard InChI is InChI=1S/C21H15Cl/c1-12-9-10-17-19-15-7-3-2-5-13(15)11-14-6-4-8-16(18(14)19)20(17)21(12)22/h3-4,6-11H,2,5H2,1H3. The van der Waals surface area contributed by atoms with Crippen LogP contribution in [0.15, 0.2) is 42.5 Å². The van der Waals surface area contributed by atoms with Crippen molar-refractivity contribution in [2.75, 3.05) is 0 Å². The SMILES string of the molecule is Cc1ccc2c(c1Cl)-c1cccc3cc4c(c-2c13)C=CCC4. The lowest BCUT2D eigenvalue weighted by molar-refractivity contribution is 0.990. The van der Waals surface area contributed by atoms with Gasteiger partial charge in [-0.25, -0.2) is 0 Å². The van der Waals surface area contributed by atoms with Gasteiger partial charge in [0.2, 0.25) is 0 Å². The molecule has 2 aliphatic carbocycles. The fourth-order valence-electron chi connectivity index (χ4n) is 4.01. The van der Waals surface area contributed by atoms with Gasteiger partial charge in [-0.15, -0.1) is 0 Å². The molecule has 0 spiro atoms. The summed E-state index contributed by atoms with van der Waals surface area (Å²) in [5.74, 6) is 0. The van der Waals surface area contributed by atoms with E-state index in [1.165, 1.54) is 44.2 Å². The predicted octanol–water partition coefficient (Wildman–Crippen LogP) is 6.41. The molecule has 5 rings (SSSR count). The molecule has 3 aromatic carbocycles. The summed E-state index contributed by atoms with van der Waals surface area (Å²) in [5, 5.41) is 3.61. The van der Waals surface area contributed by atoms with Crippen molar-refractivity contribution in [3.05, 3.63) is 64.2 Å². The number of hydrogen-bond acceptors (Lipinski definition) is 0. The van der Waals surface area contributed by atoms with E-state index in [-0.39, 0.29) is 0 Å². The van der Waals surface area contributed by atoms with Crippen LogP contribution >= 0.6 is 11.6 Å². The minimum Gasteiger partial charge on any atom is -0.0836 e. The molecule has 106 valence electrons. The first-order chi connectivity index (χ1) is 10.8. The summed E-state index contributed by atoms with van der Waals surface area (Å²) in [6.45, 7) is 2.08. The van der Waals surface area contributed by atoms with E-state index >= 15 is 0 Å². The molecule has 0 aromatic heterocycles. The van der Waals surface area contributed by atoms with Crippen LogP contribution in [0, 0.1) is 6.92 Å². The van der Waals surface area contributed by atoms with Gasteiger partial charge < -0.3 is 0 Å². The predicted molar refractivity (Wildman–Crippen MR) is 95.5 cm³/mol. The second-order valence-electron chi connectivity index (χ2n) is 6.29. The van der Waals surface area contributed by atoms with Crippen LogP contribution in [0.4, 0.5) is 0 Å². The fraction of sp³-hybridized carbons (Fsp3) is 0.143. The highest BCUT2D eigenvalue weighted by atomic mass is 35.5. The number of aryl methyl sites for hydroxylation is 2. The molecule has 2 aliphatic rings. The zero-order chi connectivity index (χ0) is 14.8. The molecule has 0 atom stereocenters. The summed E-state index contributed by atoms with van der Waals surface area (Å²) < 4.78 is 0. The zero-order valence-electron chi connectivity index (χ0n) is 12.4. The van der Waals surface area contributed by atoms with E-state index in [9.17, 15) is 0 Å². The highest BCUT2D eigenvalue weighted by molar-refractivity contribution is 6.37. The van der Waals surface area contributed by atoms with Crippen LogP contribution < -0.4 is 0 Å². The molecule has 0 amide bonds. The minimum atomic E-state index is 0.898. The maximum Gasteiger partial charge on any atom is 0.0520 e. The monoisotopic (exact) mass is 302 g/mol. The van der Waals surface area contributed by atoms with Gasteiger partial charge in [-0.1, -0.05) is 60.2 Å². The first-order valence-electron chi connectivity index (χ1n) is 7.80. The van der Waals surface area contributed by atoms with Gasteiger partial charge in [0.05, 0.1) is 5.02 Å². The molecule has 0 aliphatic heterocycles. The Morgan fingerprint density at radius 2 is 1.91 bits per heavy atom.